The summed E-state index contributed by atoms with van der Waals surface area (Å²) in [5, 5.41) is 3.59. The molecule has 2 aromatic rings. The predicted molar refractivity (Wildman–Crippen MR) is 79.8 cm³/mol. The molecule has 0 saturated heterocycles. The molecular weight excluding hydrogens is 232 g/mol. The summed E-state index contributed by atoms with van der Waals surface area (Å²) in [6, 6.07) is 16.2. The summed E-state index contributed by atoms with van der Waals surface area (Å²) in [5.41, 5.74) is 6.96. The number of anilines is 2. The van der Waals surface area contributed by atoms with Gasteiger partial charge in [-0.3, -0.25) is 0 Å². The molecule has 0 bridgehead atoms. The Morgan fingerprint density at radius 2 is 1.95 bits per heavy atom. The van der Waals surface area contributed by atoms with E-state index in [4.69, 9.17) is 0 Å². The average Bonchev–Trinajstić information content (AvgIpc) is 2.44. The van der Waals surface area contributed by atoms with Crippen molar-refractivity contribution in [1.29, 1.82) is 0 Å². The second-order valence-electron chi connectivity index (χ2n) is 5.66. The molecule has 1 N–H and O–H groups in total. The first-order chi connectivity index (χ1) is 9.31. The number of fused-ring (bicyclic) bond motifs is 4. The largest absolute Gasteiger partial charge is 0.381 e. The molecule has 2 aromatic carbocycles. The molecule has 4 rings (SSSR count). The molecular formula is C17H18N2. The maximum Gasteiger partial charge on any atom is 0.0608 e. The zero-order valence-corrected chi connectivity index (χ0v) is 11.2. The van der Waals surface area contributed by atoms with Crippen LogP contribution in [0.3, 0.4) is 0 Å². The standard InChI is InChI=1S/C17H18N2/c1-12-6-7-17-16(8-12)18-10-15-9-13-4-2-3-5-14(13)11-19(15)17/h2-8,15,18H,9-11H2,1H3. The lowest BCUT2D eigenvalue weighted by molar-refractivity contribution is 0.562. The molecule has 0 spiro atoms. The molecule has 2 heterocycles. The van der Waals surface area contributed by atoms with Gasteiger partial charge in [-0.2, -0.15) is 0 Å². The van der Waals surface area contributed by atoms with Crippen LogP contribution in [0, 0.1) is 6.92 Å². The average molecular weight is 250 g/mol. The minimum absolute atomic E-state index is 0.588. The second kappa shape index (κ2) is 4.02. The Labute approximate surface area is 114 Å². The highest BCUT2D eigenvalue weighted by Crippen LogP contribution is 2.37. The number of aryl methyl sites for hydroxylation is 1. The summed E-state index contributed by atoms with van der Waals surface area (Å²) in [5.74, 6) is 0. The van der Waals surface area contributed by atoms with Gasteiger partial charge in [0.05, 0.1) is 17.4 Å². The van der Waals surface area contributed by atoms with E-state index in [0.29, 0.717) is 6.04 Å². The first-order valence-corrected chi connectivity index (χ1v) is 6.99. The maximum atomic E-state index is 3.59. The molecule has 0 saturated carbocycles. The van der Waals surface area contributed by atoms with E-state index in [1.807, 2.05) is 0 Å². The van der Waals surface area contributed by atoms with Gasteiger partial charge in [-0.1, -0.05) is 30.3 Å². The van der Waals surface area contributed by atoms with Crippen LogP contribution < -0.4 is 10.2 Å². The Bertz CT molecular complexity index is 633. The Morgan fingerprint density at radius 1 is 1.11 bits per heavy atom. The van der Waals surface area contributed by atoms with Gasteiger partial charge in [0, 0.05) is 13.1 Å². The molecule has 0 aliphatic carbocycles. The van der Waals surface area contributed by atoms with E-state index in [0.717, 1.165) is 19.5 Å². The highest BCUT2D eigenvalue weighted by Gasteiger charge is 2.30. The van der Waals surface area contributed by atoms with E-state index in [2.05, 4.69) is 59.6 Å². The van der Waals surface area contributed by atoms with Gasteiger partial charge in [-0.25, -0.2) is 0 Å². The smallest absolute Gasteiger partial charge is 0.0608 e. The molecule has 96 valence electrons. The van der Waals surface area contributed by atoms with Crippen LogP contribution in [0.2, 0.25) is 0 Å². The number of rotatable bonds is 0. The highest BCUT2D eigenvalue weighted by atomic mass is 15.2. The maximum absolute atomic E-state index is 3.59. The van der Waals surface area contributed by atoms with Gasteiger partial charge >= 0.3 is 0 Å². The van der Waals surface area contributed by atoms with Crippen molar-refractivity contribution in [1.82, 2.24) is 0 Å². The lowest BCUT2D eigenvalue weighted by Gasteiger charge is -2.43. The van der Waals surface area contributed by atoms with Gasteiger partial charge in [-0.15, -0.1) is 0 Å². The lowest BCUT2D eigenvalue weighted by atomic mass is 9.91. The van der Waals surface area contributed by atoms with Crippen molar-refractivity contribution in [3.63, 3.8) is 0 Å². The third-order valence-electron chi connectivity index (χ3n) is 4.35. The Morgan fingerprint density at radius 3 is 2.84 bits per heavy atom. The van der Waals surface area contributed by atoms with Crippen LogP contribution >= 0.6 is 0 Å². The predicted octanol–water partition coefficient (Wildman–Crippen LogP) is 3.35. The third kappa shape index (κ3) is 1.71. The minimum Gasteiger partial charge on any atom is -0.381 e. The number of hydrogen-bond donors (Lipinski definition) is 1. The number of benzene rings is 2. The Balaban J connectivity index is 1.78. The fourth-order valence-corrected chi connectivity index (χ4v) is 3.32. The summed E-state index contributed by atoms with van der Waals surface area (Å²) in [7, 11) is 0. The van der Waals surface area contributed by atoms with Gasteiger partial charge < -0.3 is 10.2 Å². The van der Waals surface area contributed by atoms with Crippen LogP contribution in [-0.2, 0) is 13.0 Å². The molecule has 0 amide bonds. The Kier molecular flexibility index (Phi) is 2.31. The topological polar surface area (TPSA) is 15.3 Å². The third-order valence-corrected chi connectivity index (χ3v) is 4.35. The summed E-state index contributed by atoms with van der Waals surface area (Å²) >= 11 is 0. The van der Waals surface area contributed by atoms with Gasteiger partial charge in [0.15, 0.2) is 0 Å². The number of nitrogens with one attached hydrogen (secondary N) is 1. The SMILES string of the molecule is Cc1ccc2c(c1)NCC1Cc3ccccc3CN21. The zero-order valence-electron chi connectivity index (χ0n) is 11.2. The zero-order chi connectivity index (χ0) is 12.8. The summed E-state index contributed by atoms with van der Waals surface area (Å²) in [4.78, 5) is 2.56. The van der Waals surface area contributed by atoms with Crippen LogP contribution in [0.1, 0.15) is 16.7 Å². The van der Waals surface area contributed by atoms with Crippen LogP contribution in [-0.4, -0.2) is 12.6 Å². The highest BCUT2D eigenvalue weighted by molar-refractivity contribution is 5.74. The number of nitrogens with zero attached hydrogens (tertiary/aromatic N) is 1. The van der Waals surface area contributed by atoms with E-state index >= 15 is 0 Å². The molecule has 2 aliphatic heterocycles. The van der Waals surface area contributed by atoms with Crippen molar-refractivity contribution in [3.8, 4) is 0 Å². The molecule has 1 unspecified atom stereocenters. The monoisotopic (exact) mass is 250 g/mol. The van der Waals surface area contributed by atoms with E-state index in [1.54, 1.807) is 0 Å². The van der Waals surface area contributed by atoms with Gasteiger partial charge in [-0.05, 0) is 42.2 Å². The first-order valence-electron chi connectivity index (χ1n) is 6.99. The molecule has 0 aromatic heterocycles. The first kappa shape index (κ1) is 10.9. The quantitative estimate of drug-likeness (QED) is 0.771. The van der Waals surface area contributed by atoms with Gasteiger partial charge in [0.1, 0.15) is 0 Å². The number of hydrogen-bond acceptors (Lipinski definition) is 2. The minimum atomic E-state index is 0.588. The van der Waals surface area contributed by atoms with E-state index < -0.39 is 0 Å². The van der Waals surface area contributed by atoms with Crippen LogP contribution in [0.25, 0.3) is 0 Å². The van der Waals surface area contributed by atoms with Crippen molar-refractivity contribution in [2.75, 3.05) is 16.8 Å². The second-order valence-corrected chi connectivity index (χ2v) is 5.66. The van der Waals surface area contributed by atoms with Crippen LogP contribution in [0.5, 0.6) is 0 Å². The molecule has 2 aliphatic rings. The molecule has 19 heavy (non-hydrogen) atoms. The van der Waals surface area contributed by atoms with Crippen molar-refractivity contribution in [3.05, 3.63) is 59.2 Å². The molecule has 2 heteroatoms. The molecule has 0 radical (unpaired) electrons. The van der Waals surface area contributed by atoms with Crippen molar-refractivity contribution in [2.45, 2.75) is 25.9 Å². The van der Waals surface area contributed by atoms with Crippen molar-refractivity contribution < 1.29 is 0 Å². The van der Waals surface area contributed by atoms with E-state index in [9.17, 15) is 0 Å². The summed E-state index contributed by atoms with van der Waals surface area (Å²) in [6.07, 6.45) is 1.15. The summed E-state index contributed by atoms with van der Waals surface area (Å²) < 4.78 is 0. The fraction of sp³-hybridized carbons (Fsp3) is 0.294. The molecule has 2 nitrogen and oxygen atoms in total. The fourth-order valence-electron chi connectivity index (χ4n) is 3.32. The lowest BCUT2D eigenvalue weighted by Crippen LogP contribution is -2.47. The normalized spacial score (nSPS) is 20.1. The molecule has 1 atom stereocenters. The van der Waals surface area contributed by atoms with Crippen molar-refractivity contribution in [2.24, 2.45) is 0 Å². The summed E-state index contributed by atoms with van der Waals surface area (Å²) in [6.45, 7) is 4.24. The van der Waals surface area contributed by atoms with E-state index in [1.165, 1.54) is 28.1 Å². The molecule has 0 fully saturated rings. The van der Waals surface area contributed by atoms with Gasteiger partial charge in [0.25, 0.3) is 0 Å². The Hall–Kier alpha value is -1.96. The van der Waals surface area contributed by atoms with Crippen molar-refractivity contribution >= 4 is 11.4 Å². The van der Waals surface area contributed by atoms with E-state index in [-0.39, 0.29) is 0 Å². The van der Waals surface area contributed by atoms with Crippen LogP contribution in [0.4, 0.5) is 11.4 Å². The van der Waals surface area contributed by atoms with Gasteiger partial charge in [0.2, 0.25) is 0 Å². The van der Waals surface area contributed by atoms with Crippen LogP contribution in [0.15, 0.2) is 42.5 Å².